The standard InChI is InChI=1S/C43H29F3N4/c1-24-5-11-37-31(15-24)32-16-25(2)6-12-38(32)49(37)41-20-29(30-10-9-28(22-47)19-36(30)43(44,45)46)21-42(35(41)23-48)50-39-13-7-26(3)17-33(39)34-18-27(4)8-14-40(34)50/h5-21H,1-4H3. The molecule has 0 aliphatic rings. The molecule has 0 unspecified atom stereocenters. The van der Waals surface area contributed by atoms with Crippen molar-refractivity contribution in [2.24, 2.45) is 0 Å². The molecule has 0 N–H and O–H groups in total. The van der Waals surface area contributed by atoms with Gasteiger partial charge in [-0.25, -0.2) is 0 Å². The lowest BCUT2D eigenvalue weighted by Crippen LogP contribution is -2.09. The van der Waals surface area contributed by atoms with Gasteiger partial charge in [0.25, 0.3) is 0 Å². The third kappa shape index (κ3) is 4.74. The zero-order valence-electron chi connectivity index (χ0n) is 27.7. The molecule has 8 aromatic rings. The predicted molar refractivity (Wildman–Crippen MR) is 194 cm³/mol. The van der Waals surface area contributed by atoms with Crippen LogP contribution >= 0.6 is 0 Å². The molecule has 0 amide bonds. The number of nitrogens with zero attached hydrogens (tertiary/aromatic N) is 4. The Labute approximate surface area is 286 Å². The predicted octanol–water partition coefficient (Wildman–Crippen LogP) is 11.5. The second-order valence-electron chi connectivity index (χ2n) is 13.1. The lowest BCUT2D eigenvalue weighted by Gasteiger charge is -2.20. The van der Waals surface area contributed by atoms with Crippen molar-refractivity contribution in [3.8, 4) is 34.6 Å². The Morgan fingerprint density at radius 2 is 0.900 bits per heavy atom. The van der Waals surface area contributed by atoms with Gasteiger partial charge in [-0.05, 0) is 112 Å². The number of rotatable bonds is 3. The molecule has 0 spiro atoms. The van der Waals surface area contributed by atoms with Crippen molar-refractivity contribution in [2.75, 3.05) is 0 Å². The molecular weight excluding hydrogens is 629 g/mol. The summed E-state index contributed by atoms with van der Waals surface area (Å²) in [4.78, 5) is 0. The first-order chi connectivity index (χ1) is 24.0. The number of aromatic nitrogens is 2. The van der Waals surface area contributed by atoms with E-state index in [1.807, 2.05) is 91.4 Å². The molecule has 4 nitrogen and oxygen atoms in total. The smallest absolute Gasteiger partial charge is 0.308 e. The first-order valence-corrected chi connectivity index (χ1v) is 16.2. The molecule has 0 saturated heterocycles. The van der Waals surface area contributed by atoms with E-state index in [-0.39, 0.29) is 16.7 Å². The highest BCUT2D eigenvalue weighted by Crippen LogP contribution is 2.43. The maximum Gasteiger partial charge on any atom is 0.417 e. The highest BCUT2D eigenvalue weighted by atomic mass is 19.4. The summed E-state index contributed by atoms with van der Waals surface area (Å²) in [6.07, 6.45) is -4.74. The van der Waals surface area contributed by atoms with E-state index in [1.165, 1.54) is 12.1 Å². The first-order valence-electron chi connectivity index (χ1n) is 16.2. The monoisotopic (exact) mass is 658 g/mol. The van der Waals surface area contributed by atoms with Crippen LogP contribution in [0.3, 0.4) is 0 Å². The number of nitriles is 2. The number of hydrogen-bond donors (Lipinski definition) is 0. The molecule has 0 aliphatic carbocycles. The van der Waals surface area contributed by atoms with Crippen LogP contribution in [0.25, 0.3) is 66.1 Å². The number of benzene rings is 6. The Morgan fingerprint density at radius 1 is 0.500 bits per heavy atom. The van der Waals surface area contributed by atoms with E-state index in [2.05, 4.69) is 30.3 Å². The molecule has 50 heavy (non-hydrogen) atoms. The van der Waals surface area contributed by atoms with Crippen molar-refractivity contribution < 1.29 is 13.2 Å². The highest BCUT2D eigenvalue weighted by Gasteiger charge is 2.35. The summed E-state index contributed by atoms with van der Waals surface area (Å²) in [5, 5.41) is 24.5. The van der Waals surface area contributed by atoms with Crippen molar-refractivity contribution in [3.05, 3.63) is 142 Å². The molecule has 2 heterocycles. The Kier molecular flexibility index (Phi) is 6.89. The molecule has 6 aromatic carbocycles. The maximum absolute atomic E-state index is 14.8. The fourth-order valence-corrected chi connectivity index (χ4v) is 7.36. The maximum atomic E-state index is 14.8. The largest absolute Gasteiger partial charge is 0.417 e. The van der Waals surface area contributed by atoms with Gasteiger partial charge in [0.15, 0.2) is 0 Å². The fraction of sp³-hybridized carbons (Fsp3) is 0.116. The fourth-order valence-electron chi connectivity index (χ4n) is 7.36. The summed E-state index contributed by atoms with van der Waals surface area (Å²) >= 11 is 0. The Bertz CT molecular complexity index is 2550. The molecule has 2 aromatic heterocycles. The molecule has 8 rings (SSSR count). The minimum absolute atomic E-state index is 0.0802. The summed E-state index contributed by atoms with van der Waals surface area (Å²) in [5.74, 6) is 0. The molecular formula is C43H29F3N4. The van der Waals surface area contributed by atoms with Crippen molar-refractivity contribution in [3.63, 3.8) is 0 Å². The van der Waals surface area contributed by atoms with Crippen molar-refractivity contribution in [1.82, 2.24) is 9.13 Å². The highest BCUT2D eigenvalue weighted by molar-refractivity contribution is 6.11. The number of fused-ring (bicyclic) bond motifs is 6. The summed E-state index contributed by atoms with van der Waals surface area (Å²) < 4.78 is 48.3. The van der Waals surface area contributed by atoms with Gasteiger partial charge in [0.1, 0.15) is 11.6 Å². The Hall–Kier alpha value is -6.31. The van der Waals surface area contributed by atoms with Crippen LogP contribution in [0.1, 0.15) is 38.9 Å². The second-order valence-corrected chi connectivity index (χ2v) is 13.1. The second kappa shape index (κ2) is 11.1. The van der Waals surface area contributed by atoms with E-state index in [1.54, 1.807) is 12.1 Å². The minimum Gasteiger partial charge on any atom is -0.308 e. The Morgan fingerprint density at radius 3 is 1.24 bits per heavy atom. The lowest BCUT2D eigenvalue weighted by atomic mass is 9.94. The topological polar surface area (TPSA) is 57.4 Å². The van der Waals surface area contributed by atoms with Crippen molar-refractivity contribution in [2.45, 2.75) is 33.9 Å². The van der Waals surface area contributed by atoms with E-state index >= 15 is 0 Å². The van der Waals surface area contributed by atoms with E-state index in [0.717, 1.165) is 71.9 Å². The summed E-state index contributed by atoms with van der Waals surface area (Å²) in [5.41, 5.74) is 8.02. The normalized spacial score (nSPS) is 11.9. The van der Waals surface area contributed by atoms with Gasteiger partial charge in [0.05, 0.1) is 50.6 Å². The van der Waals surface area contributed by atoms with Crippen LogP contribution in [-0.4, -0.2) is 9.13 Å². The van der Waals surface area contributed by atoms with Crippen LogP contribution in [0, 0.1) is 50.4 Å². The quantitative estimate of drug-likeness (QED) is 0.190. The van der Waals surface area contributed by atoms with Crippen LogP contribution in [-0.2, 0) is 6.18 Å². The lowest BCUT2D eigenvalue weighted by molar-refractivity contribution is -0.137. The minimum atomic E-state index is -4.74. The van der Waals surface area contributed by atoms with Gasteiger partial charge in [-0.15, -0.1) is 0 Å². The first kappa shape index (κ1) is 31.0. The van der Waals surface area contributed by atoms with Crippen LogP contribution in [0.5, 0.6) is 0 Å². The molecule has 0 saturated carbocycles. The van der Waals surface area contributed by atoms with E-state index < -0.39 is 11.7 Å². The summed E-state index contributed by atoms with van der Waals surface area (Å²) in [7, 11) is 0. The average Bonchev–Trinajstić information content (AvgIpc) is 3.57. The molecule has 242 valence electrons. The van der Waals surface area contributed by atoms with E-state index in [4.69, 9.17) is 0 Å². The molecule has 0 fully saturated rings. The van der Waals surface area contributed by atoms with Gasteiger partial charge in [-0.2, -0.15) is 23.7 Å². The van der Waals surface area contributed by atoms with Crippen LogP contribution < -0.4 is 0 Å². The molecule has 0 aliphatic heterocycles. The van der Waals surface area contributed by atoms with Gasteiger partial charge in [0.2, 0.25) is 0 Å². The number of halogens is 3. The molecule has 0 bridgehead atoms. The number of alkyl halides is 3. The van der Waals surface area contributed by atoms with Gasteiger partial charge < -0.3 is 9.13 Å². The Balaban J connectivity index is 1.59. The third-order valence-corrected chi connectivity index (χ3v) is 9.61. The molecule has 0 radical (unpaired) electrons. The van der Waals surface area contributed by atoms with Gasteiger partial charge in [-0.1, -0.05) is 52.6 Å². The van der Waals surface area contributed by atoms with Gasteiger partial charge in [0, 0.05) is 21.5 Å². The van der Waals surface area contributed by atoms with Crippen LogP contribution in [0.2, 0.25) is 0 Å². The third-order valence-electron chi connectivity index (χ3n) is 9.61. The van der Waals surface area contributed by atoms with E-state index in [9.17, 15) is 23.7 Å². The van der Waals surface area contributed by atoms with Gasteiger partial charge >= 0.3 is 6.18 Å². The van der Waals surface area contributed by atoms with E-state index in [0.29, 0.717) is 16.9 Å². The summed E-state index contributed by atoms with van der Waals surface area (Å²) in [6, 6.07) is 35.8. The average molecular weight is 659 g/mol. The number of hydrogen-bond acceptors (Lipinski definition) is 2. The van der Waals surface area contributed by atoms with Crippen molar-refractivity contribution in [1.29, 1.82) is 10.5 Å². The summed E-state index contributed by atoms with van der Waals surface area (Å²) in [6.45, 7) is 8.08. The van der Waals surface area contributed by atoms with Crippen LogP contribution in [0.15, 0.2) is 103 Å². The zero-order chi connectivity index (χ0) is 35.1. The van der Waals surface area contributed by atoms with Crippen LogP contribution in [0.4, 0.5) is 13.2 Å². The molecule has 7 heteroatoms. The van der Waals surface area contributed by atoms with Gasteiger partial charge in [-0.3, -0.25) is 0 Å². The molecule has 0 atom stereocenters. The van der Waals surface area contributed by atoms with Crippen molar-refractivity contribution >= 4 is 43.6 Å². The SMILES string of the molecule is Cc1ccc2c(c1)c1cc(C)ccc1n2-c1cc(-c2ccc(C#N)cc2C(F)(F)F)cc(-n2c3ccc(C)cc3c3cc(C)ccc32)c1C#N. The zero-order valence-corrected chi connectivity index (χ0v) is 27.7. The number of aryl methyl sites for hydroxylation is 4.